The summed E-state index contributed by atoms with van der Waals surface area (Å²) in [6.07, 6.45) is 3.95. The zero-order valence-electron chi connectivity index (χ0n) is 8.35. The van der Waals surface area contributed by atoms with Crippen molar-refractivity contribution >= 4 is 27.2 Å². The highest BCUT2D eigenvalue weighted by Gasteiger charge is 2.13. The molecule has 3 heterocycles. The fourth-order valence-corrected chi connectivity index (χ4v) is 2.21. The Kier molecular flexibility index (Phi) is 2.08. The molecule has 0 unspecified atom stereocenters. The molecule has 0 amide bonds. The Bertz CT molecular complexity index is 704. The van der Waals surface area contributed by atoms with E-state index in [9.17, 15) is 10.1 Å². The summed E-state index contributed by atoms with van der Waals surface area (Å²) < 4.78 is 1.38. The summed E-state index contributed by atoms with van der Waals surface area (Å²) in [5.41, 5.74) is -0.0630. The highest BCUT2D eigenvalue weighted by atomic mass is 32.1. The summed E-state index contributed by atoms with van der Waals surface area (Å²) in [6.45, 7) is 0. The molecule has 3 aromatic heterocycles. The van der Waals surface area contributed by atoms with Crippen molar-refractivity contribution in [3.05, 3.63) is 40.3 Å². The molecule has 0 fully saturated rings. The van der Waals surface area contributed by atoms with E-state index in [1.165, 1.54) is 34.7 Å². The summed E-state index contributed by atoms with van der Waals surface area (Å²) in [4.78, 5) is 19.1. The number of fused-ring (bicyclic) bond motifs is 1. The molecular weight excluding hydrogens is 242 g/mol. The molecule has 3 rings (SSSR count). The maximum atomic E-state index is 10.6. The van der Waals surface area contributed by atoms with Crippen molar-refractivity contribution in [2.24, 2.45) is 0 Å². The molecule has 0 aliphatic rings. The van der Waals surface area contributed by atoms with Gasteiger partial charge in [-0.25, -0.2) is 14.6 Å². The molecular formula is C9H5N5O2S. The van der Waals surface area contributed by atoms with Gasteiger partial charge in [-0.05, 0) is 11.4 Å². The summed E-state index contributed by atoms with van der Waals surface area (Å²) in [7, 11) is 0. The Morgan fingerprint density at radius 2 is 2.29 bits per heavy atom. The van der Waals surface area contributed by atoms with Gasteiger partial charge in [-0.3, -0.25) is 10.1 Å². The molecule has 0 aliphatic heterocycles. The van der Waals surface area contributed by atoms with Crippen LogP contribution < -0.4 is 0 Å². The Morgan fingerprint density at radius 3 is 3.06 bits per heavy atom. The van der Waals surface area contributed by atoms with E-state index in [0.717, 1.165) is 10.2 Å². The predicted molar refractivity (Wildman–Crippen MR) is 61.2 cm³/mol. The van der Waals surface area contributed by atoms with Crippen molar-refractivity contribution in [2.45, 2.75) is 0 Å². The van der Waals surface area contributed by atoms with Crippen molar-refractivity contribution in [2.75, 3.05) is 0 Å². The molecule has 0 atom stereocenters. The maximum absolute atomic E-state index is 10.6. The molecule has 0 aliphatic carbocycles. The second-order valence-corrected chi connectivity index (χ2v) is 4.13. The minimum absolute atomic E-state index is 0.0630. The van der Waals surface area contributed by atoms with E-state index in [4.69, 9.17) is 0 Å². The fraction of sp³-hybridized carbons (Fsp3) is 0. The summed E-state index contributed by atoms with van der Waals surface area (Å²) in [5.74, 6) is 0.546. The molecule has 0 bridgehead atoms. The summed E-state index contributed by atoms with van der Waals surface area (Å²) >= 11 is 1.48. The highest BCUT2D eigenvalue weighted by Crippen LogP contribution is 2.23. The van der Waals surface area contributed by atoms with E-state index < -0.39 is 4.92 Å². The summed E-state index contributed by atoms with van der Waals surface area (Å²) in [5, 5.41) is 17.2. The van der Waals surface area contributed by atoms with Crippen molar-refractivity contribution in [1.29, 1.82) is 0 Å². The third-order valence-corrected chi connectivity index (χ3v) is 3.06. The lowest BCUT2D eigenvalue weighted by molar-refractivity contribution is -0.384. The van der Waals surface area contributed by atoms with Gasteiger partial charge in [-0.15, -0.1) is 11.3 Å². The first-order valence-electron chi connectivity index (χ1n) is 4.63. The Hall–Kier alpha value is -2.35. The van der Waals surface area contributed by atoms with E-state index >= 15 is 0 Å². The zero-order chi connectivity index (χ0) is 11.8. The van der Waals surface area contributed by atoms with Gasteiger partial charge >= 0.3 is 5.69 Å². The molecule has 0 spiro atoms. The van der Waals surface area contributed by atoms with Crippen LogP contribution in [-0.2, 0) is 0 Å². The molecule has 0 saturated carbocycles. The second kappa shape index (κ2) is 3.59. The van der Waals surface area contributed by atoms with E-state index in [1.54, 1.807) is 0 Å². The van der Waals surface area contributed by atoms with Crippen LogP contribution in [0.1, 0.15) is 0 Å². The minimum Gasteiger partial charge on any atom is -0.258 e. The van der Waals surface area contributed by atoms with Crippen LogP contribution in [0.4, 0.5) is 5.69 Å². The topological polar surface area (TPSA) is 86.7 Å². The average Bonchev–Trinajstić information content (AvgIpc) is 2.97. The first kappa shape index (κ1) is 9.85. The number of hydrogen-bond acceptors (Lipinski definition) is 6. The standard InChI is InChI=1S/C9H5N5O2S/c15-14(16)6-3-12-13(4-6)8-7-1-2-17-9(7)11-5-10-8/h1-5H. The molecule has 8 heteroatoms. The van der Waals surface area contributed by atoms with Crippen molar-refractivity contribution in [1.82, 2.24) is 19.7 Å². The summed E-state index contributed by atoms with van der Waals surface area (Å²) in [6, 6.07) is 1.86. The third-order valence-electron chi connectivity index (χ3n) is 2.24. The van der Waals surface area contributed by atoms with Crippen LogP contribution in [0.3, 0.4) is 0 Å². The maximum Gasteiger partial charge on any atom is 0.307 e. The lowest BCUT2D eigenvalue weighted by Crippen LogP contribution is -1.98. The minimum atomic E-state index is -0.491. The quantitative estimate of drug-likeness (QED) is 0.509. The van der Waals surface area contributed by atoms with Crippen LogP contribution in [0.2, 0.25) is 0 Å². The Morgan fingerprint density at radius 1 is 1.41 bits per heavy atom. The molecule has 0 radical (unpaired) electrons. The van der Waals surface area contributed by atoms with Gasteiger partial charge in [0, 0.05) is 0 Å². The monoisotopic (exact) mass is 247 g/mol. The number of nitrogens with zero attached hydrogens (tertiary/aromatic N) is 5. The Labute approximate surface area is 98.5 Å². The van der Waals surface area contributed by atoms with Gasteiger partial charge < -0.3 is 0 Å². The van der Waals surface area contributed by atoms with Crippen molar-refractivity contribution in [3.8, 4) is 5.82 Å². The SMILES string of the molecule is O=[N+]([O-])c1cnn(-c2ncnc3sccc23)c1. The van der Waals surface area contributed by atoms with Gasteiger partial charge in [-0.1, -0.05) is 0 Å². The number of nitro groups is 1. The molecule has 0 aromatic carbocycles. The molecule has 7 nitrogen and oxygen atoms in total. The van der Waals surface area contributed by atoms with Gasteiger partial charge in [0.25, 0.3) is 0 Å². The molecule has 0 saturated heterocycles. The lowest BCUT2D eigenvalue weighted by Gasteiger charge is -1.99. The molecule has 17 heavy (non-hydrogen) atoms. The number of aromatic nitrogens is 4. The number of hydrogen-bond donors (Lipinski definition) is 0. The predicted octanol–water partition coefficient (Wildman–Crippen LogP) is 1.79. The van der Waals surface area contributed by atoms with Gasteiger partial charge in [0.2, 0.25) is 0 Å². The van der Waals surface area contributed by atoms with Gasteiger partial charge in [0.05, 0.1) is 10.3 Å². The zero-order valence-corrected chi connectivity index (χ0v) is 9.16. The molecule has 0 N–H and O–H groups in total. The number of thiophene rings is 1. The lowest BCUT2D eigenvalue weighted by atomic mass is 10.4. The fourth-order valence-electron chi connectivity index (χ4n) is 1.48. The van der Waals surface area contributed by atoms with Crippen LogP contribution >= 0.6 is 11.3 Å². The van der Waals surface area contributed by atoms with E-state index in [-0.39, 0.29) is 5.69 Å². The smallest absolute Gasteiger partial charge is 0.258 e. The normalized spacial score (nSPS) is 10.8. The largest absolute Gasteiger partial charge is 0.307 e. The third kappa shape index (κ3) is 1.54. The van der Waals surface area contributed by atoms with Crippen LogP contribution in [-0.4, -0.2) is 24.7 Å². The van der Waals surface area contributed by atoms with Gasteiger partial charge in [0.1, 0.15) is 23.6 Å². The molecule has 3 aromatic rings. The molecule has 84 valence electrons. The van der Waals surface area contributed by atoms with E-state index in [0.29, 0.717) is 5.82 Å². The van der Waals surface area contributed by atoms with E-state index in [1.807, 2.05) is 11.4 Å². The van der Waals surface area contributed by atoms with Crippen LogP contribution in [0.25, 0.3) is 16.0 Å². The second-order valence-electron chi connectivity index (χ2n) is 3.24. The van der Waals surface area contributed by atoms with Crippen LogP contribution in [0.15, 0.2) is 30.2 Å². The number of rotatable bonds is 2. The van der Waals surface area contributed by atoms with Crippen molar-refractivity contribution in [3.63, 3.8) is 0 Å². The van der Waals surface area contributed by atoms with Crippen LogP contribution in [0.5, 0.6) is 0 Å². The Balaban J connectivity index is 2.19. The average molecular weight is 247 g/mol. The van der Waals surface area contributed by atoms with Crippen molar-refractivity contribution < 1.29 is 4.92 Å². The van der Waals surface area contributed by atoms with E-state index in [2.05, 4.69) is 15.1 Å². The van der Waals surface area contributed by atoms with Gasteiger partial charge in [-0.2, -0.15) is 5.10 Å². The van der Waals surface area contributed by atoms with Gasteiger partial charge in [0.15, 0.2) is 5.82 Å². The first-order chi connectivity index (χ1) is 8.25. The van der Waals surface area contributed by atoms with Crippen LogP contribution in [0, 0.1) is 10.1 Å². The first-order valence-corrected chi connectivity index (χ1v) is 5.51. The highest BCUT2D eigenvalue weighted by molar-refractivity contribution is 7.16.